The van der Waals surface area contributed by atoms with Crippen LogP contribution in [0.2, 0.25) is 0 Å². The number of amides is 1. The van der Waals surface area contributed by atoms with E-state index < -0.39 is 5.97 Å². The number of hydrogen-bond donors (Lipinski definition) is 1. The van der Waals surface area contributed by atoms with Crippen LogP contribution in [0.25, 0.3) is 11.0 Å². The Balaban J connectivity index is 1.80. The van der Waals surface area contributed by atoms with E-state index in [1.54, 1.807) is 14.0 Å². The summed E-state index contributed by atoms with van der Waals surface area (Å²) < 4.78 is 11.6. The van der Waals surface area contributed by atoms with Crippen LogP contribution in [-0.2, 0) is 23.0 Å². The highest BCUT2D eigenvalue weighted by atomic mass is 16.5. The Hall–Kier alpha value is -3.16. The molecule has 0 atom stereocenters. The second-order valence-corrected chi connectivity index (χ2v) is 5.60. The molecule has 3 aromatic rings. The number of anilines is 1. The highest BCUT2D eigenvalue weighted by Gasteiger charge is 2.20. The van der Waals surface area contributed by atoms with Gasteiger partial charge in [0.2, 0.25) is 5.91 Å². The number of carbonyl (C=O) groups excluding carboxylic acids is 2. The van der Waals surface area contributed by atoms with Crippen LogP contribution in [0.15, 0.2) is 28.9 Å². The zero-order valence-electron chi connectivity index (χ0n) is 14.2. The maximum Gasteiger partial charge on any atom is 0.343 e. The maximum absolute atomic E-state index is 12.4. The van der Waals surface area contributed by atoms with Crippen molar-refractivity contribution in [1.82, 2.24) is 14.9 Å². The number of fused-ring (bicyclic) bond motifs is 1. The molecule has 0 aliphatic rings. The summed E-state index contributed by atoms with van der Waals surface area (Å²) in [4.78, 5) is 24.3. The van der Waals surface area contributed by atoms with E-state index in [0.29, 0.717) is 11.3 Å². The second-order valence-electron chi connectivity index (χ2n) is 5.60. The van der Waals surface area contributed by atoms with Gasteiger partial charge in [0.25, 0.3) is 0 Å². The number of carbonyl (C=O) groups is 2. The summed E-state index contributed by atoms with van der Waals surface area (Å²) in [5.74, 6) is -0.577. The molecule has 0 unspecified atom stereocenters. The standard InChI is InChI=1S/C17H18N4O4/c1-4-24-17(23)12-9-18-21(3)16(12)19-15(22)8-13-11-7-10(2)5-6-14(11)25-20-13/h5-7,9H,4,8H2,1-3H3,(H,19,22). The van der Waals surface area contributed by atoms with Crippen molar-refractivity contribution < 1.29 is 18.8 Å². The molecule has 8 heteroatoms. The zero-order valence-corrected chi connectivity index (χ0v) is 14.2. The molecule has 0 radical (unpaired) electrons. The van der Waals surface area contributed by atoms with Crippen LogP contribution in [-0.4, -0.2) is 33.4 Å². The molecule has 0 aliphatic heterocycles. The summed E-state index contributed by atoms with van der Waals surface area (Å²) in [5.41, 5.74) is 2.42. The number of nitrogens with zero attached hydrogens (tertiary/aromatic N) is 3. The minimum atomic E-state index is -0.534. The lowest BCUT2D eigenvalue weighted by atomic mass is 10.1. The molecule has 0 saturated carbocycles. The minimum Gasteiger partial charge on any atom is -0.462 e. The Kier molecular flexibility index (Phi) is 4.51. The van der Waals surface area contributed by atoms with Gasteiger partial charge in [-0.3, -0.25) is 9.48 Å². The Morgan fingerprint density at radius 2 is 2.16 bits per heavy atom. The predicted molar refractivity (Wildman–Crippen MR) is 90.2 cm³/mol. The van der Waals surface area contributed by atoms with Gasteiger partial charge in [0.05, 0.1) is 19.2 Å². The molecular formula is C17H18N4O4. The van der Waals surface area contributed by atoms with E-state index in [1.807, 2.05) is 25.1 Å². The van der Waals surface area contributed by atoms with Crippen molar-refractivity contribution >= 4 is 28.7 Å². The summed E-state index contributed by atoms with van der Waals surface area (Å²) in [6.45, 7) is 3.91. The van der Waals surface area contributed by atoms with Gasteiger partial charge in [0.15, 0.2) is 5.58 Å². The summed E-state index contributed by atoms with van der Waals surface area (Å²) in [6, 6.07) is 5.65. The van der Waals surface area contributed by atoms with E-state index in [-0.39, 0.29) is 30.3 Å². The lowest BCUT2D eigenvalue weighted by molar-refractivity contribution is -0.115. The van der Waals surface area contributed by atoms with E-state index >= 15 is 0 Å². The fraction of sp³-hybridized carbons (Fsp3) is 0.294. The highest BCUT2D eigenvalue weighted by Crippen LogP contribution is 2.21. The predicted octanol–water partition coefficient (Wildman–Crippen LogP) is 2.23. The minimum absolute atomic E-state index is 0.0178. The fourth-order valence-corrected chi connectivity index (χ4v) is 2.50. The van der Waals surface area contributed by atoms with Crippen LogP contribution < -0.4 is 5.32 Å². The Bertz CT molecular complexity index is 941. The zero-order chi connectivity index (χ0) is 18.0. The van der Waals surface area contributed by atoms with Crippen LogP contribution in [0.4, 0.5) is 5.82 Å². The first-order valence-electron chi connectivity index (χ1n) is 7.83. The second kappa shape index (κ2) is 6.76. The summed E-state index contributed by atoms with van der Waals surface area (Å²) in [6.07, 6.45) is 1.38. The SMILES string of the molecule is CCOC(=O)c1cnn(C)c1NC(=O)Cc1noc2ccc(C)cc12. The number of benzene rings is 1. The molecule has 8 nitrogen and oxygen atoms in total. The maximum atomic E-state index is 12.4. The normalized spacial score (nSPS) is 10.8. The van der Waals surface area contributed by atoms with Gasteiger partial charge in [-0.05, 0) is 26.0 Å². The molecule has 1 amide bonds. The first-order valence-corrected chi connectivity index (χ1v) is 7.83. The van der Waals surface area contributed by atoms with E-state index in [2.05, 4.69) is 15.6 Å². The smallest absolute Gasteiger partial charge is 0.343 e. The summed E-state index contributed by atoms with van der Waals surface area (Å²) in [5, 5.41) is 11.5. The van der Waals surface area contributed by atoms with Gasteiger partial charge in [-0.25, -0.2) is 4.79 Å². The van der Waals surface area contributed by atoms with E-state index in [4.69, 9.17) is 9.26 Å². The van der Waals surface area contributed by atoms with Gasteiger partial charge in [0, 0.05) is 12.4 Å². The molecule has 0 spiro atoms. The average molecular weight is 342 g/mol. The lowest BCUT2D eigenvalue weighted by Gasteiger charge is -2.07. The van der Waals surface area contributed by atoms with E-state index in [0.717, 1.165) is 10.9 Å². The van der Waals surface area contributed by atoms with Gasteiger partial charge in [-0.15, -0.1) is 0 Å². The van der Waals surface area contributed by atoms with E-state index in [1.165, 1.54) is 10.9 Å². The summed E-state index contributed by atoms with van der Waals surface area (Å²) >= 11 is 0. The van der Waals surface area contributed by atoms with Crippen molar-refractivity contribution in [2.24, 2.45) is 7.05 Å². The van der Waals surface area contributed by atoms with Crippen LogP contribution in [0.3, 0.4) is 0 Å². The molecule has 0 aliphatic carbocycles. The number of esters is 1. The van der Waals surface area contributed by atoms with Gasteiger partial charge in [-0.2, -0.15) is 5.10 Å². The Labute approximate surface area is 143 Å². The number of nitrogens with one attached hydrogen (secondary N) is 1. The Morgan fingerprint density at radius 3 is 2.92 bits per heavy atom. The largest absolute Gasteiger partial charge is 0.462 e. The van der Waals surface area contributed by atoms with Crippen LogP contribution in [0, 0.1) is 6.92 Å². The van der Waals surface area contributed by atoms with Crippen LogP contribution in [0.5, 0.6) is 0 Å². The van der Waals surface area contributed by atoms with Gasteiger partial charge in [-0.1, -0.05) is 16.8 Å². The van der Waals surface area contributed by atoms with Crippen molar-refractivity contribution in [2.45, 2.75) is 20.3 Å². The molecule has 2 heterocycles. The molecule has 25 heavy (non-hydrogen) atoms. The van der Waals surface area contributed by atoms with Crippen molar-refractivity contribution in [3.63, 3.8) is 0 Å². The third-order valence-corrected chi connectivity index (χ3v) is 3.72. The summed E-state index contributed by atoms with van der Waals surface area (Å²) in [7, 11) is 1.63. The number of aryl methyl sites for hydroxylation is 2. The van der Waals surface area contributed by atoms with E-state index in [9.17, 15) is 9.59 Å². The molecule has 2 aromatic heterocycles. The van der Waals surface area contributed by atoms with Crippen molar-refractivity contribution in [3.05, 3.63) is 41.2 Å². The molecule has 0 bridgehead atoms. The number of aromatic nitrogens is 3. The first-order chi connectivity index (χ1) is 12.0. The molecule has 0 fully saturated rings. The average Bonchev–Trinajstić information content (AvgIpc) is 3.12. The van der Waals surface area contributed by atoms with Gasteiger partial charge < -0.3 is 14.6 Å². The number of hydrogen-bond acceptors (Lipinski definition) is 6. The molecule has 130 valence electrons. The van der Waals surface area contributed by atoms with Crippen molar-refractivity contribution in [1.29, 1.82) is 0 Å². The third kappa shape index (κ3) is 3.37. The molecular weight excluding hydrogens is 324 g/mol. The topological polar surface area (TPSA) is 99.2 Å². The molecule has 1 aromatic carbocycles. The highest BCUT2D eigenvalue weighted by molar-refractivity contribution is 6.01. The third-order valence-electron chi connectivity index (χ3n) is 3.72. The van der Waals surface area contributed by atoms with Crippen molar-refractivity contribution in [2.75, 3.05) is 11.9 Å². The molecule has 1 N–H and O–H groups in total. The van der Waals surface area contributed by atoms with Crippen molar-refractivity contribution in [3.8, 4) is 0 Å². The fourth-order valence-electron chi connectivity index (χ4n) is 2.50. The van der Waals surface area contributed by atoms with Gasteiger partial charge >= 0.3 is 5.97 Å². The first kappa shape index (κ1) is 16.7. The monoisotopic (exact) mass is 342 g/mol. The number of ether oxygens (including phenoxy) is 1. The van der Waals surface area contributed by atoms with Gasteiger partial charge in [0.1, 0.15) is 17.1 Å². The number of rotatable bonds is 5. The Morgan fingerprint density at radius 1 is 1.36 bits per heavy atom. The lowest BCUT2D eigenvalue weighted by Crippen LogP contribution is -2.19. The quantitative estimate of drug-likeness (QED) is 0.714. The molecule has 0 saturated heterocycles. The van der Waals surface area contributed by atoms with Crippen LogP contribution >= 0.6 is 0 Å². The van der Waals surface area contributed by atoms with Crippen LogP contribution in [0.1, 0.15) is 28.5 Å². The molecule has 3 rings (SSSR count).